The molecule has 0 radical (unpaired) electrons. The number of anilines is 1. The van der Waals surface area contributed by atoms with Crippen molar-refractivity contribution in [2.45, 2.75) is 45.0 Å². The minimum atomic E-state index is 0.0583. The molecule has 3 rings (SSSR count). The summed E-state index contributed by atoms with van der Waals surface area (Å²) in [5.74, 6) is 0.580. The van der Waals surface area contributed by atoms with Crippen LogP contribution in [0.15, 0.2) is 24.7 Å². The first-order valence-corrected chi connectivity index (χ1v) is 8.21. The quantitative estimate of drug-likeness (QED) is 0.834. The second kappa shape index (κ2) is 7.04. The largest absolute Gasteiger partial charge is 0.382 e. The fourth-order valence-electron chi connectivity index (χ4n) is 3.16. The molecule has 130 valence electrons. The van der Waals surface area contributed by atoms with E-state index in [1.807, 2.05) is 28.9 Å². The zero-order chi connectivity index (χ0) is 17.1. The van der Waals surface area contributed by atoms with E-state index in [-0.39, 0.29) is 18.1 Å². The van der Waals surface area contributed by atoms with Crippen LogP contribution < -0.4 is 5.73 Å². The van der Waals surface area contributed by atoms with E-state index in [4.69, 9.17) is 10.5 Å². The van der Waals surface area contributed by atoms with Crippen molar-refractivity contribution in [3.8, 4) is 0 Å². The Kier molecular flexibility index (Phi) is 4.84. The molecule has 24 heavy (non-hydrogen) atoms. The first-order valence-electron chi connectivity index (χ1n) is 8.21. The Hall–Kier alpha value is -2.35. The summed E-state index contributed by atoms with van der Waals surface area (Å²) in [7, 11) is 1.69. The molecule has 8 heteroatoms. The highest BCUT2D eigenvalue weighted by molar-refractivity contribution is 5.79. The molecule has 2 aromatic rings. The molecule has 8 nitrogen and oxygen atoms in total. The molecule has 2 aromatic heterocycles. The number of nitrogen functional groups attached to an aromatic ring is 1. The van der Waals surface area contributed by atoms with Crippen molar-refractivity contribution in [3.63, 3.8) is 0 Å². The number of methoxy groups -OCH3 is 1. The second-order valence-corrected chi connectivity index (χ2v) is 6.14. The molecular weight excluding hydrogens is 308 g/mol. The predicted molar refractivity (Wildman–Crippen MR) is 89.2 cm³/mol. The average molecular weight is 332 g/mol. The Morgan fingerprint density at radius 3 is 2.92 bits per heavy atom. The van der Waals surface area contributed by atoms with Gasteiger partial charge in [-0.3, -0.25) is 14.2 Å². The van der Waals surface area contributed by atoms with Gasteiger partial charge in [-0.2, -0.15) is 10.2 Å². The van der Waals surface area contributed by atoms with Gasteiger partial charge in [0, 0.05) is 32.6 Å². The molecule has 1 amide bonds. The summed E-state index contributed by atoms with van der Waals surface area (Å²) in [6.07, 6.45) is 6.73. The maximum atomic E-state index is 12.8. The number of nitrogens with two attached hydrogens (primary N) is 1. The lowest BCUT2D eigenvalue weighted by molar-refractivity contribution is -0.131. The molecule has 2 atom stereocenters. The van der Waals surface area contributed by atoms with Gasteiger partial charge in [-0.15, -0.1) is 0 Å². The van der Waals surface area contributed by atoms with Gasteiger partial charge in [0.1, 0.15) is 5.82 Å². The lowest BCUT2D eigenvalue weighted by Gasteiger charge is -2.24. The summed E-state index contributed by atoms with van der Waals surface area (Å²) < 4.78 is 9.08. The van der Waals surface area contributed by atoms with Crippen molar-refractivity contribution < 1.29 is 9.53 Å². The van der Waals surface area contributed by atoms with Crippen molar-refractivity contribution in [3.05, 3.63) is 30.2 Å². The van der Waals surface area contributed by atoms with Crippen molar-refractivity contribution in [1.82, 2.24) is 24.5 Å². The number of aromatic nitrogens is 4. The van der Waals surface area contributed by atoms with Gasteiger partial charge in [-0.05, 0) is 25.0 Å². The Morgan fingerprint density at radius 2 is 2.29 bits per heavy atom. The molecule has 1 aliphatic rings. The smallest absolute Gasteiger partial charge is 0.227 e. The third-order valence-corrected chi connectivity index (χ3v) is 4.45. The van der Waals surface area contributed by atoms with Crippen LogP contribution in [0.3, 0.4) is 0 Å². The highest BCUT2D eigenvalue weighted by Gasteiger charge is 2.35. The van der Waals surface area contributed by atoms with Crippen LogP contribution in [0.25, 0.3) is 0 Å². The summed E-state index contributed by atoms with van der Waals surface area (Å²) in [6.45, 7) is 4.05. The van der Waals surface area contributed by atoms with Gasteiger partial charge in [0.05, 0.1) is 31.3 Å². The Morgan fingerprint density at radius 1 is 1.46 bits per heavy atom. The minimum absolute atomic E-state index is 0.0583. The van der Waals surface area contributed by atoms with Gasteiger partial charge in [0.25, 0.3) is 0 Å². The van der Waals surface area contributed by atoms with E-state index in [2.05, 4.69) is 10.2 Å². The van der Waals surface area contributed by atoms with Crippen molar-refractivity contribution >= 4 is 11.7 Å². The summed E-state index contributed by atoms with van der Waals surface area (Å²) >= 11 is 0. The van der Waals surface area contributed by atoms with Crippen LogP contribution in [0.1, 0.15) is 18.9 Å². The van der Waals surface area contributed by atoms with Gasteiger partial charge in [0.2, 0.25) is 5.91 Å². The zero-order valence-electron chi connectivity index (χ0n) is 14.1. The third-order valence-electron chi connectivity index (χ3n) is 4.45. The summed E-state index contributed by atoms with van der Waals surface area (Å²) in [6, 6.07) is 1.82. The average Bonchev–Trinajstić information content (AvgIpc) is 3.28. The maximum absolute atomic E-state index is 12.8. The molecule has 1 fully saturated rings. The van der Waals surface area contributed by atoms with Crippen LogP contribution in [-0.4, -0.2) is 56.2 Å². The van der Waals surface area contributed by atoms with E-state index in [1.165, 1.54) is 0 Å². The Balaban J connectivity index is 1.68. The van der Waals surface area contributed by atoms with E-state index in [1.54, 1.807) is 24.1 Å². The minimum Gasteiger partial charge on any atom is -0.382 e. The summed E-state index contributed by atoms with van der Waals surface area (Å²) in [5.41, 5.74) is 6.61. The number of carbonyl (C=O) groups excluding carboxylic acids is 1. The van der Waals surface area contributed by atoms with Gasteiger partial charge in [-0.1, -0.05) is 0 Å². The number of rotatable bonds is 6. The van der Waals surface area contributed by atoms with E-state index >= 15 is 0 Å². The van der Waals surface area contributed by atoms with E-state index in [0.717, 1.165) is 18.5 Å². The molecule has 0 spiro atoms. The number of hydrogen-bond donors (Lipinski definition) is 1. The van der Waals surface area contributed by atoms with Gasteiger partial charge < -0.3 is 15.4 Å². The summed E-state index contributed by atoms with van der Waals surface area (Å²) in [5, 5.41) is 8.45. The standard InChI is InChI=1S/C16H24N6O2/c1-3-20-9-12(8-18-20)6-16(23)22-11-14(24-2)7-13(22)10-21-5-4-15(17)19-21/h4-5,8-9,13-14H,3,6-7,10-11H2,1-2H3,(H2,17,19)/t13-,14+/m0/s1. The molecule has 0 bridgehead atoms. The second-order valence-electron chi connectivity index (χ2n) is 6.14. The number of hydrogen-bond acceptors (Lipinski definition) is 5. The fourth-order valence-corrected chi connectivity index (χ4v) is 3.16. The number of amides is 1. The number of likely N-dealkylation sites (tertiary alicyclic amines) is 1. The predicted octanol–water partition coefficient (Wildman–Crippen LogP) is 0.540. The number of aryl methyl sites for hydroxylation is 1. The molecular formula is C16H24N6O2. The van der Waals surface area contributed by atoms with Crippen LogP contribution >= 0.6 is 0 Å². The Labute approximate surface area is 141 Å². The fraction of sp³-hybridized carbons (Fsp3) is 0.562. The van der Waals surface area contributed by atoms with Gasteiger partial charge in [-0.25, -0.2) is 0 Å². The molecule has 2 N–H and O–H groups in total. The normalized spacial score (nSPS) is 20.7. The van der Waals surface area contributed by atoms with Crippen LogP contribution in [0.2, 0.25) is 0 Å². The summed E-state index contributed by atoms with van der Waals surface area (Å²) in [4.78, 5) is 14.7. The van der Waals surface area contributed by atoms with E-state index in [9.17, 15) is 4.79 Å². The third kappa shape index (κ3) is 3.59. The lowest BCUT2D eigenvalue weighted by atomic mass is 10.2. The van der Waals surface area contributed by atoms with E-state index in [0.29, 0.717) is 25.3 Å². The van der Waals surface area contributed by atoms with E-state index < -0.39 is 0 Å². The first kappa shape index (κ1) is 16.5. The maximum Gasteiger partial charge on any atom is 0.227 e. The number of carbonyl (C=O) groups is 1. The Bertz CT molecular complexity index is 694. The zero-order valence-corrected chi connectivity index (χ0v) is 14.1. The van der Waals surface area contributed by atoms with Crippen molar-refractivity contribution in [1.29, 1.82) is 0 Å². The number of ether oxygens (including phenoxy) is 1. The van der Waals surface area contributed by atoms with Crippen LogP contribution in [0.5, 0.6) is 0 Å². The number of nitrogens with zero attached hydrogens (tertiary/aromatic N) is 5. The molecule has 0 aliphatic carbocycles. The molecule has 3 heterocycles. The lowest BCUT2D eigenvalue weighted by Crippen LogP contribution is -2.39. The van der Waals surface area contributed by atoms with Gasteiger partial charge in [0.15, 0.2) is 0 Å². The highest BCUT2D eigenvalue weighted by Crippen LogP contribution is 2.22. The highest BCUT2D eigenvalue weighted by atomic mass is 16.5. The monoisotopic (exact) mass is 332 g/mol. The van der Waals surface area contributed by atoms with Crippen LogP contribution in [-0.2, 0) is 29.0 Å². The molecule has 0 unspecified atom stereocenters. The van der Waals surface area contributed by atoms with Crippen LogP contribution in [0.4, 0.5) is 5.82 Å². The first-order chi connectivity index (χ1) is 11.6. The molecule has 0 saturated carbocycles. The van der Waals surface area contributed by atoms with Gasteiger partial charge >= 0.3 is 0 Å². The SMILES string of the molecule is CCn1cc(CC(=O)N2C[C@H](OC)C[C@H]2Cn2ccc(N)n2)cn1. The van der Waals surface area contributed by atoms with Crippen molar-refractivity contribution in [2.75, 3.05) is 19.4 Å². The molecule has 1 saturated heterocycles. The van der Waals surface area contributed by atoms with Crippen LogP contribution in [0, 0.1) is 0 Å². The molecule has 0 aromatic carbocycles. The molecule has 1 aliphatic heterocycles. The van der Waals surface area contributed by atoms with Crippen molar-refractivity contribution in [2.24, 2.45) is 0 Å². The topological polar surface area (TPSA) is 91.2 Å².